The Balaban J connectivity index is 0.000000128. The second-order valence-corrected chi connectivity index (χ2v) is 20.9. The maximum Gasteiger partial charge on any atom is -0.0103 e. The fraction of sp³-hybridized carbons (Fsp3) is 0.0843. The van der Waals surface area contributed by atoms with Crippen LogP contribution in [0.25, 0.3) is 76.5 Å². The first-order valence-corrected chi connectivity index (χ1v) is 28.7. The minimum atomic E-state index is 1.28. The zero-order valence-corrected chi connectivity index (χ0v) is 49.3. The van der Waals surface area contributed by atoms with Crippen LogP contribution in [0.15, 0.2) is 334 Å². The molecule has 0 aromatic heterocycles. The van der Waals surface area contributed by atoms with Crippen molar-refractivity contribution in [1.29, 1.82) is 0 Å². The van der Waals surface area contributed by atoms with Crippen molar-refractivity contribution in [2.45, 2.75) is 48.5 Å². The Kier molecular flexibility index (Phi) is 22.3. The lowest BCUT2D eigenvalue weighted by atomic mass is 9.98. The molecule has 0 aliphatic rings. The number of hydrogen-bond acceptors (Lipinski definition) is 0. The highest BCUT2D eigenvalue weighted by Gasteiger charge is 2.03. The van der Waals surface area contributed by atoms with Crippen LogP contribution in [0, 0.1) is 48.5 Å². The Morgan fingerprint density at radius 2 is 0.542 bits per heavy atom. The molecule has 0 aliphatic heterocycles. The van der Waals surface area contributed by atoms with Gasteiger partial charge in [-0.15, -0.1) is 0 Å². The predicted octanol–water partition coefficient (Wildman–Crippen LogP) is 23.6. The second kappa shape index (κ2) is 31.2. The van der Waals surface area contributed by atoms with E-state index in [1.807, 2.05) is 36.4 Å². The molecule has 0 N–H and O–H groups in total. The molecule has 0 saturated heterocycles. The summed E-state index contributed by atoms with van der Waals surface area (Å²) in [5, 5.41) is 10.7. The van der Waals surface area contributed by atoms with Crippen molar-refractivity contribution >= 4 is 43.1 Å². The third-order valence-corrected chi connectivity index (χ3v) is 14.3. The fourth-order valence-electron chi connectivity index (χ4n) is 9.82. The van der Waals surface area contributed by atoms with Crippen LogP contribution in [0.2, 0.25) is 0 Å². The quantitative estimate of drug-likeness (QED) is 0.155. The van der Waals surface area contributed by atoms with Gasteiger partial charge in [0.2, 0.25) is 0 Å². The van der Waals surface area contributed by atoms with E-state index in [2.05, 4.69) is 346 Å². The minimum Gasteiger partial charge on any atom is -0.0622 e. The lowest BCUT2D eigenvalue weighted by molar-refractivity contribution is 1.46. The van der Waals surface area contributed by atoms with Crippen LogP contribution in [0.3, 0.4) is 0 Å². The molecule has 0 amide bonds. The Morgan fingerprint density at radius 3 is 1.13 bits per heavy atom. The summed E-state index contributed by atoms with van der Waals surface area (Å²) in [6.45, 7) is 14.9. The number of aryl methyl sites for hydroxylation is 7. The number of fused-ring (bicyclic) bond motifs is 5. The van der Waals surface area contributed by atoms with Gasteiger partial charge < -0.3 is 0 Å². The van der Waals surface area contributed by atoms with Gasteiger partial charge in [0.1, 0.15) is 0 Å². The van der Waals surface area contributed by atoms with Crippen molar-refractivity contribution in [2.24, 2.45) is 0 Å². The Morgan fingerprint density at radius 1 is 0.157 bits per heavy atom. The summed E-state index contributed by atoms with van der Waals surface area (Å²) < 4.78 is 0. The fourth-order valence-corrected chi connectivity index (χ4v) is 9.82. The van der Waals surface area contributed by atoms with Gasteiger partial charge in [-0.25, -0.2) is 0 Å². The molecule has 0 radical (unpaired) electrons. The molecule has 0 bridgehead atoms. The van der Waals surface area contributed by atoms with Gasteiger partial charge >= 0.3 is 0 Å². The van der Waals surface area contributed by atoms with E-state index in [0.717, 1.165) is 0 Å². The molecule has 14 rings (SSSR count). The zero-order chi connectivity index (χ0) is 58.0. The summed E-state index contributed by atoms with van der Waals surface area (Å²) in [5.41, 5.74) is 17.0. The van der Waals surface area contributed by atoms with E-state index >= 15 is 0 Å². The van der Waals surface area contributed by atoms with Gasteiger partial charge in [0, 0.05) is 0 Å². The standard InChI is InChI=1S/C15H12.3C13H12.2C11H10.C7H8/c1-11-10-12-6-2-3-8-14(12)15-9-5-4-7-13(11)15;1-11-7-5-6-10-13(11)12-8-3-2-4-9-12;1-11-6-5-9-13(10-11)12-7-3-2-4-8-12;1-11-7-9-13(10-8-11)12-5-3-2-4-6-12;1-9-5-4-7-10-6-2-3-8-11(9)10;1-9-6-7-10-4-2-3-5-11(10)8-9;1-7-5-3-2-4-6-7/h2-10H,1H3;3*2-10H,1H3;2*2-8H,1H3;2-6H,1H3. The van der Waals surface area contributed by atoms with Crippen molar-refractivity contribution in [2.75, 3.05) is 0 Å². The molecule has 14 aromatic carbocycles. The van der Waals surface area contributed by atoms with E-state index in [4.69, 9.17) is 0 Å². The van der Waals surface area contributed by atoms with Gasteiger partial charge in [0.15, 0.2) is 0 Å². The lowest BCUT2D eigenvalue weighted by Gasteiger charge is -2.06. The zero-order valence-electron chi connectivity index (χ0n) is 49.3. The molecule has 408 valence electrons. The first-order chi connectivity index (χ1) is 40.6. The molecule has 0 nitrogen and oxygen atoms in total. The summed E-state index contributed by atoms with van der Waals surface area (Å²) in [6.07, 6.45) is 0. The van der Waals surface area contributed by atoms with Crippen LogP contribution in [0.1, 0.15) is 38.9 Å². The van der Waals surface area contributed by atoms with Gasteiger partial charge in [-0.2, -0.15) is 0 Å². The Hall–Kier alpha value is -9.88. The summed E-state index contributed by atoms with van der Waals surface area (Å²) in [7, 11) is 0. The van der Waals surface area contributed by atoms with Crippen LogP contribution in [0.4, 0.5) is 0 Å². The molecule has 14 aromatic rings. The van der Waals surface area contributed by atoms with E-state index in [1.54, 1.807) is 0 Å². The molecular formula is C83H76. The summed E-state index contributed by atoms with van der Waals surface area (Å²) in [4.78, 5) is 0. The summed E-state index contributed by atoms with van der Waals surface area (Å²) in [5.74, 6) is 0. The molecule has 0 heteroatoms. The lowest BCUT2D eigenvalue weighted by Crippen LogP contribution is -1.81. The molecule has 0 aliphatic carbocycles. The maximum absolute atomic E-state index is 2.26. The minimum absolute atomic E-state index is 1.28. The maximum atomic E-state index is 2.26. The molecular weight excluding hydrogens is 997 g/mol. The van der Waals surface area contributed by atoms with E-state index < -0.39 is 0 Å². The molecule has 0 saturated carbocycles. The highest BCUT2D eigenvalue weighted by molar-refractivity contribution is 6.08. The molecule has 0 spiro atoms. The predicted molar refractivity (Wildman–Crippen MR) is 365 cm³/mol. The molecule has 0 heterocycles. The largest absolute Gasteiger partial charge is 0.0622 e. The Bertz CT molecular complexity index is 4170. The van der Waals surface area contributed by atoms with Crippen LogP contribution in [-0.4, -0.2) is 0 Å². The molecule has 0 unspecified atom stereocenters. The highest BCUT2D eigenvalue weighted by atomic mass is 14.1. The number of benzene rings is 14. The molecule has 0 atom stereocenters. The monoisotopic (exact) mass is 1070 g/mol. The van der Waals surface area contributed by atoms with E-state index in [0.29, 0.717) is 0 Å². The van der Waals surface area contributed by atoms with Gasteiger partial charge in [-0.05, 0) is 142 Å². The van der Waals surface area contributed by atoms with Crippen LogP contribution < -0.4 is 0 Å². The summed E-state index contributed by atoms with van der Waals surface area (Å²) in [6, 6.07) is 116. The SMILES string of the molecule is Cc1cc2ccccc2c2ccccc12.Cc1ccc(-c2ccccc2)cc1.Cc1ccc2ccccc2c1.Cc1cccc(-c2ccccc2)c1.Cc1cccc2ccccc12.Cc1ccccc1.Cc1ccccc1-c1ccccc1. The normalized spacial score (nSPS) is 10.1. The van der Waals surface area contributed by atoms with Crippen LogP contribution in [0.5, 0.6) is 0 Å². The number of hydrogen-bond donors (Lipinski definition) is 0. The first kappa shape index (κ1) is 59.2. The average molecular weight is 1070 g/mol. The highest BCUT2D eigenvalue weighted by Crippen LogP contribution is 2.28. The van der Waals surface area contributed by atoms with E-state index in [9.17, 15) is 0 Å². The summed E-state index contributed by atoms with van der Waals surface area (Å²) >= 11 is 0. The third kappa shape index (κ3) is 18.1. The van der Waals surface area contributed by atoms with Crippen molar-refractivity contribution < 1.29 is 0 Å². The van der Waals surface area contributed by atoms with Crippen LogP contribution >= 0.6 is 0 Å². The van der Waals surface area contributed by atoms with Crippen molar-refractivity contribution in [3.8, 4) is 33.4 Å². The van der Waals surface area contributed by atoms with Crippen molar-refractivity contribution in [3.63, 3.8) is 0 Å². The van der Waals surface area contributed by atoms with Gasteiger partial charge in [-0.3, -0.25) is 0 Å². The Labute approximate surface area is 494 Å². The smallest absolute Gasteiger partial charge is 0.0103 e. The van der Waals surface area contributed by atoms with Crippen molar-refractivity contribution in [3.05, 3.63) is 373 Å². The topological polar surface area (TPSA) is 0 Å². The first-order valence-electron chi connectivity index (χ1n) is 28.7. The number of rotatable bonds is 3. The average Bonchev–Trinajstić information content (AvgIpc) is 3.72. The third-order valence-electron chi connectivity index (χ3n) is 14.3. The van der Waals surface area contributed by atoms with Crippen molar-refractivity contribution in [1.82, 2.24) is 0 Å². The van der Waals surface area contributed by atoms with Gasteiger partial charge in [0.05, 0.1) is 0 Å². The molecule has 83 heavy (non-hydrogen) atoms. The van der Waals surface area contributed by atoms with Gasteiger partial charge in [-0.1, -0.05) is 356 Å². The van der Waals surface area contributed by atoms with E-state index in [-0.39, 0.29) is 0 Å². The van der Waals surface area contributed by atoms with Crippen LogP contribution in [-0.2, 0) is 0 Å². The van der Waals surface area contributed by atoms with Gasteiger partial charge in [0.25, 0.3) is 0 Å². The second-order valence-electron chi connectivity index (χ2n) is 20.9. The molecule has 0 fully saturated rings. The van der Waals surface area contributed by atoms with E-state index in [1.165, 1.54) is 115 Å².